The zero-order valence-electron chi connectivity index (χ0n) is 56.5. The third kappa shape index (κ3) is 8.50. The van der Waals surface area contributed by atoms with Crippen LogP contribution in [0.2, 0.25) is 0 Å². The molecule has 0 unspecified atom stereocenters. The SMILES string of the molecule is CN[C@@H]1CCC2=CC3=CC[C@]4(C)C(c5ccc6ccncc6c5)=CC[C@H]4[C@@]34CC[C@]2(C1)O4.CN[C@H]1CCC2=CC3=CC[C@]4(C)C(c5ccc6ccncc6c5)=CC[C@H]4[C@@]34CC[C@]2(C1)O4.C[C@]12CC=C3C=C4CCC(=O)C[C@]45CC[C@]3(O5)[C@@H]1CC[C@@H]2c1ccc2ccncc2c1. The van der Waals surface area contributed by atoms with E-state index < -0.39 is 0 Å². The molecule has 4 saturated carbocycles. The Kier molecular flexibility index (Phi) is 13.3. The van der Waals surface area contributed by atoms with Crippen LogP contribution in [0.5, 0.6) is 0 Å². The Labute approximate surface area is 561 Å². The highest BCUT2D eigenvalue weighted by Gasteiger charge is 2.69. The van der Waals surface area contributed by atoms with Gasteiger partial charge in [0.2, 0.25) is 0 Å². The van der Waals surface area contributed by atoms with Gasteiger partial charge >= 0.3 is 0 Å². The lowest BCUT2D eigenvalue weighted by molar-refractivity contribution is -0.146. The van der Waals surface area contributed by atoms with Gasteiger partial charge in [-0.1, -0.05) is 106 Å². The molecule has 21 rings (SSSR count). The average molecular weight is 1260 g/mol. The van der Waals surface area contributed by atoms with Crippen LogP contribution in [0.3, 0.4) is 0 Å². The van der Waals surface area contributed by atoms with Crippen LogP contribution >= 0.6 is 0 Å². The number of allylic oxidation sites excluding steroid dienone is 7. The summed E-state index contributed by atoms with van der Waals surface area (Å²) < 4.78 is 21.8. The van der Waals surface area contributed by atoms with Gasteiger partial charge in [-0.15, -0.1) is 0 Å². The fraction of sp³-hybridized carbons (Fsp3) is 0.488. The van der Waals surface area contributed by atoms with Crippen LogP contribution in [0, 0.1) is 34.0 Å². The number of carbonyl (C=O) groups is 1. The predicted octanol–water partition coefficient (Wildman–Crippen LogP) is 18.0. The van der Waals surface area contributed by atoms with Crippen molar-refractivity contribution >= 4 is 49.2 Å². The van der Waals surface area contributed by atoms with E-state index in [9.17, 15) is 4.79 Å². The minimum atomic E-state index is -0.294. The van der Waals surface area contributed by atoms with Gasteiger partial charge in [0.1, 0.15) is 5.78 Å². The van der Waals surface area contributed by atoms with Gasteiger partial charge in [-0.25, -0.2) is 0 Å². The molecule has 6 spiro atoms. The molecule has 9 nitrogen and oxygen atoms in total. The van der Waals surface area contributed by atoms with Gasteiger partial charge in [-0.05, 0) is 274 Å². The molecule has 3 saturated heterocycles. The minimum absolute atomic E-state index is 0.0289. The zero-order valence-corrected chi connectivity index (χ0v) is 56.5. The first-order valence-electron chi connectivity index (χ1n) is 36.8. The van der Waals surface area contributed by atoms with Gasteiger partial charge in [0.15, 0.2) is 0 Å². The monoisotopic (exact) mass is 1260 g/mol. The van der Waals surface area contributed by atoms with Crippen LogP contribution in [0.1, 0.15) is 185 Å². The molecule has 9 heterocycles. The molecule has 9 heteroatoms. The number of aromatic nitrogens is 3. The number of fused-ring (bicyclic) bond motifs is 6. The Balaban J connectivity index is 0.000000101. The summed E-state index contributed by atoms with van der Waals surface area (Å²) in [6, 6.07) is 28.2. The van der Waals surface area contributed by atoms with Crippen molar-refractivity contribution in [3.63, 3.8) is 0 Å². The Morgan fingerprint density at radius 2 is 0.916 bits per heavy atom. The molecule has 0 radical (unpaired) electrons. The lowest BCUT2D eigenvalue weighted by Gasteiger charge is -2.54. The number of ketones is 1. The third-order valence-electron chi connectivity index (χ3n) is 28.8. The third-order valence-corrected chi connectivity index (χ3v) is 28.8. The highest BCUT2D eigenvalue weighted by molar-refractivity contribution is 5.89. The van der Waals surface area contributed by atoms with Crippen molar-refractivity contribution in [1.82, 2.24) is 25.6 Å². The van der Waals surface area contributed by atoms with Gasteiger partial charge < -0.3 is 24.8 Å². The molecular weight excluding hydrogens is 1170 g/mol. The van der Waals surface area contributed by atoms with E-state index in [0.717, 1.165) is 77.0 Å². The van der Waals surface area contributed by atoms with E-state index in [2.05, 4.69) is 182 Å². The molecule has 6 bridgehead atoms. The van der Waals surface area contributed by atoms with Crippen LogP contribution in [0.25, 0.3) is 43.5 Å². The number of ether oxygens (including phenoxy) is 3. The van der Waals surface area contributed by atoms with Crippen LogP contribution in [-0.4, -0.2) is 80.5 Å². The first-order chi connectivity index (χ1) is 46.1. The van der Waals surface area contributed by atoms with Gasteiger partial charge in [-0.2, -0.15) is 0 Å². The molecule has 15 aliphatic rings. The molecule has 6 aliphatic heterocycles. The van der Waals surface area contributed by atoms with Crippen LogP contribution in [0.4, 0.5) is 0 Å². The van der Waals surface area contributed by atoms with Crippen LogP contribution < -0.4 is 10.6 Å². The molecule has 95 heavy (non-hydrogen) atoms. The summed E-state index contributed by atoms with van der Waals surface area (Å²) in [4.78, 5) is 25.4. The number of pyridine rings is 3. The lowest BCUT2D eigenvalue weighted by Crippen LogP contribution is -2.54. The Morgan fingerprint density at radius 3 is 1.44 bits per heavy atom. The Morgan fingerprint density at radius 1 is 0.453 bits per heavy atom. The molecule has 2 N–H and O–H groups in total. The Hall–Kier alpha value is -6.72. The van der Waals surface area contributed by atoms with E-state index in [-0.39, 0.29) is 49.9 Å². The highest BCUT2D eigenvalue weighted by atomic mass is 16.5. The van der Waals surface area contributed by atoms with Crippen molar-refractivity contribution in [2.45, 2.75) is 214 Å². The van der Waals surface area contributed by atoms with Crippen LogP contribution in [-0.2, 0) is 19.0 Å². The minimum Gasteiger partial charge on any atom is -0.359 e. The topological polar surface area (TPSA) is 107 Å². The molecule has 3 aromatic carbocycles. The summed E-state index contributed by atoms with van der Waals surface area (Å²) in [5.41, 5.74) is 15.8. The van der Waals surface area contributed by atoms with Gasteiger partial charge in [0.25, 0.3) is 0 Å². The summed E-state index contributed by atoms with van der Waals surface area (Å²) in [6.07, 6.45) is 55.8. The second-order valence-electron chi connectivity index (χ2n) is 32.9. The molecule has 486 valence electrons. The van der Waals surface area contributed by atoms with Crippen molar-refractivity contribution in [3.05, 3.63) is 209 Å². The first kappa shape index (κ1) is 59.5. The molecule has 6 aromatic rings. The summed E-state index contributed by atoms with van der Waals surface area (Å²) in [6.45, 7) is 7.50. The van der Waals surface area contributed by atoms with Crippen molar-refractivity contribution < 1.29 is 19.0 Å². The molecule has 9 aliphatic carbocycles. The number of carbonyl (C=O) groups excluding carboxylic acids is 1. The van der Waals surface area contributed by atoms with E-state index in [1.165, 1.54) is 134 Å². The number of Topliss-reactive ketones (excluding diaryl/α,β-unsaturated/α-hetero) is 1. The summed E-state index contributed by atoms with van der Waals surface area (Å²) in [7, 11) is 4.22. The molecule has 3 aromatic heterocycles. The molecule has 15 atom stereocenters. The number of hydrogen-bond acceptors (Lipinski definition) is 9. The maximum atomic E-state index is 12.4. The molecule has 7 fully saturated rings. The van der Waals surface area contributed by atoms with Crippen molar-refractivity contribution in [1.29, 1.82) is 0 Å². The van der Waals surface area contributed by atoms with Crippen molar-refractivity contribution in [2.24, 2.45) is 34.0 Å². The fourth-order valence-corrected chi connectivity index (χ4v) is 24.0. The number of hydrogen-bond donors (Lipinski definition) is 2. The second kappa shape index (κ2) is 21.1. The number of benzene rings is 3. The van der Waals surface area contributed by atoms with Gasteiger partial charge in [0, 0.05) is 101 Å². The van der Waals surface area contributed by atoms with Crippen molar-refractivity contribution in [3.8, 4) is 0 Å². The normalized spacial score (nSPS) is 40.0. The first-order valence-corrected chi connectivity index (χ1v) is 36.8. The molecule has 0 amide bonds. The smallest absolute Gasteiger partial charge is 0.136 e. The van der Waals surface area contributed by atoms with Gasteiger partial charge in [0.05, 0.1) is 33.6 Å². The van der Waals surface area contributed by atoms with Gasteiger partial charge in [-0.3, -0.25) is 19.7 Å². The molecular formula is C86H93N5O4. The number of nitrogens with one attached hydrogen (secondary N) is 2. The van der Waals surface area contributed by atoms with E-state index >= 15 is 0 Å². The predicted molar refractivity (Wildman–Crippen MR) is 379 cm³/mol. The van der Waals surface area contributed by atoms with E-state index in [0.29, 0.717) is 54.4 Å². The maximum absolute atomic E-state index is 12.4. The fourth-order valence-electron chi connectivity index (χ4n) is 24.0. The summed E-state index contributed by atoms with van der Waals surface area (Å²) in [5.74, 6) is 2.47. The quantitative estimate of drug-likeness (QED) is 0.174. The summed E-state index contributed by atoms with van der Waals surface area (Å²) in [5, 5.41) is 14.6. The zero-order chi connectivity index (χ0) is 64.0. The highest BCUT2D eigenvalue weighted by Crippen LogP contribution is 2.72. The largest absolute Gasteiger partial charge is 0.359 e. The van der Waals surface area contributed by atoms with E-state index in [4.69, 9.17) is 14.2 Å². The van der Waals surface area contributed by atoms with Crippen molar-refractivity contribution in [2.75, 3.05) is 14.1 Å². The van der Waals surface area contributed by atoms with E-state index in [1.54, 1.807) is 11.1 Å². The average Bonchev–Trinajstić information content (AvgIpc) is 1.56. The standard InChI is InChI=1S/2C29H32N2O.C28H29NO2/c2*1-27-11-9-23-16-22-5-6-24(30-2)17-28(22)12-13-29(23,32-28)26(27)8-7-25(27)20-4-3-19-10-14-31-18-21(19)15-20;1-26-10-8-22-15-21-4-5-23(30)16-27(21)11-12-28(22,31-27)25(26)7-6-24(26)19-3-2-18-9-13-29-17-20(18)14-19/h2*3-4,7,9-10,14-16,18,24,26,30H,5-6,8,11-13,17H2,1-2H3;2-3,8-9,13-15,17,24-25H,4-7,10-12,16H2,1H3/t24-,26+,27+,28+,29+;24-,26-,27-,28-,29-;24-,25-,26-,27-,28-/m011/s1. The number of nitrogens with zero attached hydrogens (tertiary/aromatic N) is 3. The van der Waals surface area contributed by atoms with E-state index in [1.807, 2.05) is 37.2 Å². The number of rotatable bonds is 5. The maximum Gasteiger partial charge on any atom is 0.136 e. The summed E-state index contributed by atoms with van der Waals surface area (Å²) >= 11 is 0. The van der Waals surface area contributed by atoms with Crippen LogP contribution in [0.15, 0.2) is 192 Å². The Bertz CT molecular complexity index is 4360. The second-order valence-corrected chi connectivity index (χ2v) is 32.9. The lowest BCUT2D eigenvalue weighted by atomic mass is 9.58.